The van der Waals surface area contributed by atoms with Crippen LogP contribution in [0.5, 0.6) is 0 Å². The molecule has 0 bridgehead atoms. The lowest BCUT2D eigenvalue weighted by atomic mass is 10.2. The monoisotopic (exact) mass is 375 g/mol. The van der Waals surface area contributed by atoms with Gasteiger partial charge in [-0.1, -0.05) is 42.5 Å². The summed E-state index contributed by atoms with van der Waals surface area (Å²) in [6.07, 6.45) is 0. The van der Waals surface area contributed by atoms with Crippen LogP contribution >= 0.6 is 0 Å². The van der Waals surface area contributed by atoms with Gasteiger partial charge in [-0.3, -0.25) is 0 Å². The molecule has 0 atom stereocenters. The van der Waals surface area contributed by atoms with E-state index in [1.54, 1.807) is 24.3 Å². The molecule has 4 aromatic rings. The van der Waals surface area contributed by atoms with Crippen molar-refractivity contribution in [2.45, 2.75) is 16.8 Å². The first-order chi connectivity index (χ1) is 13.0. The van der Waals surface area contributed by atoms with Crippen molar-refractivity contribution < 1.29 is 8.42 Å². The number of nitrogens with one attached hydrogen (secondary N) is 1. The van der Waals surface area contributed by atoms with Crippen molar-refractivity contribution in [2.75, 3.05) is 5.32 Å². The van der Waals surface area contributed by atoms with E-state index in [1.165, 1.54) is 0 Å². The second-order valence-corrected chi connectivity index (χ2v) is 8.04. The van der Waals surface area contributed by atoms with E-state index in [0.29, 0.717) is 11.0 Å². The first-order valence-electron chi connectivity index (χ1n) is 8.45. The zero-order chi connectivity index (χ0) is 18.9. The molecule has 0 aliphatic carbocycles. The quantitative estimate of drug-likeness (QED) is 0.568. The SMILES string of the molecule is Cc1cccc(S(=O)(=O)c2nc3ccccc3nc2Nc2ccccc2)c1. The predicted octanol–water partition coefficient (Wildman–Crippen LogP) is 4.51. The summed E-state index contributed by atoms with van der Waals surface area (Å²) in [7, 11) is -3.84. The van der Waals surface area contributed by atoms with Crippen molar-refractivity contribution in [1.29, 1.82) is 0 Å². The first kappa shape index (κ1) is 17.2. The van der Waals surface area contributed by atoms with Gasteiger partial charge in [0, 0.05) is 5.69 Å². The number of rotatable bonds is 4. The Morgan fingerprint density at radius 1 is 0.778 bits per heavy atom. The Balaban J connectivity index is 1.93. The minimum atomic E-state index is -3.84. The number of para-hydroxylation sites is 3. The van der Waals surface area contributed by atoms with Gasteiger partial charge in [-0.2, -0.15) is 0 Å². The normalized spacial score (nSPS) is 11.4. The fourth-order valence-corrected chi connectivity index (χ4v) is 4.20. The summed E-state index contributed by atoms with van der Waals surface area (Å²) in [4.78, 5) is 9.17. The minimum Gasteiger partial charge on any atom is -0.338 e. The van der Waals surface area contributed by atoms with Gasteiger partial charge >= 0.3 is 0 Å². The lowest BCUT2D eigenvalue weighted by Gasteiger charge is -2.13. The van der Waals surface area contributed by atoms with Crippen molar-refractivity contribution >= 4 is 32.4 Å². The predicted molar refractivity (Wildman–Crippen MR) is 106 cm³/mol. The van der Waals surface area contributed by atoms with Gasteiger partial charge in [-0.15, -0.1) is 0 Å². The molecule has 0 fully saturated rings. The van der Waals surface area contributed by atoms with Gasteiger partial charge in [0.2, 0.25) is 14.9 Å². The van der Waals surface area contributed by atoms with Gasteiger partial charge in [-0.25, -0.2) is 18.4 Å². The second-order valence-electron chi connectivity index (χ2n) is 6.18. The number of sulfone groups is 1. The van der Waals surface area contributed by atoms with E-state index in [0.717, 1.165) is 11.3 Å². The van der Waals surface area contributed by atoms with Crippen LogP contribution in [0, 0.1) is 6.92 Å². The molecule has 27 heavy (non-hydrogen) atoms. The van der Waals surface area contributed by atoms with E-state index in [4.69, 9.17) is 0 Å². The van der Waals surface area contributed by atoms with Crippen LogP contribution in [-0.2, 0) is 9.84 Å². The van der Waals surface area contributed by atoms with Gasteiger partial charge in [0.05, 0.1) is 15.9 Å². The van der Waals surface area contributed by atoms with Crippen molar-refractivity contribution in [1.82, 2.24) is 9.97 Å². The highest BCUT2D eigenvalue weighted by molar-refractivity contribution is 7.91. The third-order valence-electron chi connectivity index (χ3n) is 4.13. The molecular formula is C21H17N3O2S. The zero-order valence-electron chi connectivity index (χ0n) is 14.6. The number of hydrogen-bond donors (Lipinski definition) is 1. The number of benzene rings is 3. The van der Waals surface area contributed by atoms with Crippen molar-refractivity contribution in [2.24, 2.45) is 0 Å². The van der Waals surface area contributed by atoms with Crippen LogP contribution in [0.2, 0.25) is 0 Å². The number of anilines is 2. The third-order valence-corrected chi connectivity index (χ3v) is 5.80. The minimum absolute atomic E-state index is 0.0874. The van der Waals surface area contributed by atoms with Crippen LogP contribution in [0.3, 0.4) is 0 Å². The summed E-state index contributed by atoms with van der Waals surface area (Å²) in [6, 6.07) is 23.3. The standard InChI is InChI=1S/C21H17N3O2S/c1-15-8-7-11-17(14-15)27(25,26)21-20(22-16-9-3-2-4-10-16)23-18-12-5-6-13-19(18)24-21/h2-14H,1H3,(H,22,23). The summed E-state index contributed by atoms with van der Waals surface area (Å²) in [6.45, 7) is 1.86. The summed E-state index contributed by atoms with van der Waals surface area (Å²) in [5.74, 6) is 0.210. The van der Waals surface area contributed by atoms with E-state index >= 15 is 0 Å². The average Bonchev–Trinajstić information content (AvgIpc) is 2.68. The van der Waals surface area contributed by atoms with E-state index in [-0.39, 0.29) is 15.7 Å². The largest absolute Gasteiger partial charge is 0.338 e. The van der Waals surface area contributed by atoms with Crippen LogP contribution in [0.25, 0.3) is 11.0 Å². The topological polar surface area (TPSA) is 72.0 Å². The molecule has 0 amide bonds. The molecule has 134 valence electrons. The fraction of sp³-hybridized carbons (Fsp3) is 0.0476. The Kier molecular flexibility index (Phi) is 4.33. The number of aryl methyl sites for hydroxylation is 1. The van der Waals surface area contributed by atoms with Crippen molar-refractivity contribution in [3.05, 3.63) is 84.4 Å². The molecule has 3 aromatic carbocycles. The third kappa shape index (κ3) is 3.39. The molecule has 0 aliphatic rings. The Morgan fingerprint density at radius 3 is 2.15 bits per heavy atom. The van der Waals surface area contributed by atoms with E-state index in [9.17, 15) is 8.42 Å². The molecule has 0 radical (unpaired) electrons. The van der Waals surface area contributed by atoms with Gasteiger partial charge in [-0.05, 0) is 48.9 Å². The molecule has 5 nitrogen and oxygen atoms in total. The molecule has 0 saturated carbocycles. The molecular weight excluding hydrogens is 358 g/mol. The molecule has 1 aromatic heterocycles. The zero-order valence-corrected chi connectivity index (χ0v) is 15.4. The molecule has 0 spiro atoms. The second kappa shape index (κ2) is 6.81. The summed E-state index contributed by atoms with van der Waals surface area (Å²) in [5.41, 5.74) is 2.76. The van der Waals surface area contributed by atoms with Gasteiger partial charge in [0.25, 0.3) is 0 Å². The number of aromatic nitrogens is 2. The van der Waals surface area contributed by atoms with Crippen LogP contribution in [0.4, 0.5) is 11.5 Å². The van der Waals surface area contributed by atoms with Crippen LogP contribution in [0.15, 0.2) is 88.8 Å². The highest BCUT2D eigenvalue weighted by atomic mass is 32.2. The van der Waals surface area contributed by atoms with Gasteiger partial charge < -0.3 is 5.32 Å². The average molecular weight is 375 g/mol. The maximum Gasteiger partial charge on any atom is 0.227 e. The summed E-state index contributed by atoms with van der Waals surface area (Å²) < 4.78 is 26.6. The highest BCUT2D eigenvalue weighted by Gasteiger charge is 2.25. The molecule has 1 heterocycles. The molecule has 0 aliphatic heterocycles. The van der Waals surface area contributed by atoms with Crippen molar-refractivity contribution in [3.63, 3.8) is 0 Å². The van der Waals surface area contributed by atoms with E-state index < -0.39 is 9.84 Å². The molecule has 0 saturated heterocycles. The molecule has 0 unspecified atom stereocenters. The Morgan fingerprint density at radius 2 is 1.44 bits per heavy atom. The first-order valence-corrected chi connectivity index (χ1v) is 9.93. The lowest BCUT2D eigenvalue weighted by molar-refractivity contribution is 0.593. The van der Waals surface area contributed by atoms with E-state index in [2.05, 4.69) is 15.3 Å². The maximum atomic E-state index is 13.3. The Hall–Kier alpha value is -3.25. The number of hydrogen-bond acceptors (Lipinski definition) is 5. The van der Waals surface area contributed by atoms with Crippen LogP contribution < -0.4 is 5.32 Å². The van der Waals surface area contributed by atoms with Crippen LogP contribution in [-0.4, -0.2) is 18.4 Å². The van der Waals surface area contributed by atoms with Crippen LogP contribution in [0.1, 0.15) is 5.56 Å². The maximum absolute atomic E-state index is 13.3. The summed E-state index contributed by atoms with van der Waals surface area (Å²) in [5, 5.41) is 3.02. The lowest BCUT2D eigenvalue weighted by Crippen LogP contribution is -2.10. The van der Waals surface area contributed by atoms with Gasteiger partial charge in [0.1, 0.15) is 0 Å². The Labute approximate surface area is 157 Å². The van der Waals surface area contributed by atoms with E-state index in [1.807, 2.05) is 61.5 Å². The highest BCUT2D eigenvalue weighted by Crippen LogP contribution is 2.29. The number of fused-ring (bicyclic) bond motifs is 1. The van der Waals surface area contributed by atoms with Gasteiger partial charge in [0.15, 0.2) is 5.82 Å². The number of nitrogens with zero attached hydrogens (tertiary/aromatic N) is 2. The molecule has 6 heteroatoms. The summed E-state index contributed by atoms with van der Waals surface area (Å²) >= 11 is 0. The Bertz CT molecular complexity index is 1220. The van der Waals surface area contributed by atoms with Crippen molar-refractivity contribution in [3.8, 4) is 0 Å². The molecule has 4 rings (SSSR count). The molecule has 1 N–H and O–H groups in total. The fourth-order valence-electron chi connectivity index (χ4n) is 2.80. The smallest absolute Gasteiger partial charge is 0.227 e.